The summed E-state index contributed by atoms with van der Waals surface area (Å²) in [5.74, 6) is 1.59. The Morgan fingerprint density at radius 3 is 2.52 bits per heavy atom. The molecule has 0 atom stereocenters. The summed E-state index contributed by atoms with van der Waals surface area (Å²) in [4.78, 5) is 28.1. The Bertz CT molecular complexity index is 814. The molecule has 1 saturated heterocycles. The van der Waals surface area contributed by atoms with Crippen molar-refractivity contribution in [3.8, 4) is 11.5 Å². The first kappa shape index (κ1) is 20.6. The quantitative estimate of drug-likeness (QED) is 0.770. The zero-order valence-electron chi connectivity index (χ0n) is 16.8. The number of hydrogen-bond donors (Lipinski definition) is 1. The lowest BCUT2D eigenvalue weighted by molar-refractivity contribution is 0.0634. The van der Waals surface area contributed by atoms with Gasteiger partial charge in [0.2, 0.25) is 0 Å². The van der Waals surface area contributed by atoms with Gasteiger partial charge in [-0.15, -0.1) is 0 Å². The summed E-state index contributed by atoms with van der Waals surface area (Å²) in [6.45, 7) is 4.99. The number of ether oxygens (including phenoxy) is 2. The van der Waals surface area contributed by atoms with Gasteiger partial charge in [-0.25, -0.2) is 4.79 Å². The zero-order chi connectivity index (χ0) is 20.6. The van der Waals surface area contributed by atoms with E-state index < -0.39 is 0 Å². The molecule has 1 aliphatic rings. The number of benzene rings is 1. The molecule has 1 aromatic carbocycles. The summed E-state index contributed by atoms with van der Waals surface area (Å²) in [6, 6.07) is 9.01. The Labute approximate surface area is 170 Å². The highest BCUT2D eigenvalue weighted by atomic mass is 16.5. The van der Waals surface area contributed by atoms with Gasteiger partial charge in [0.05, 0.1) is 20.0 Å². The fraction of sp³-hybridized carbons (Fsp3) is 0.429. The number of carbonyl (C=O) groups is 2. The van der Waals surface area contributed by atoms with Gasteiger partial charge in [0.15, 0.2) is 17.3 Å². The fourth-order valence-electron chi connectivity index (χ4n) is 3.24. The van der Waals surface area contributed by atoms with E-state index in [9.17, 15) is 9.59 Å². The van der Waals surface area contributed by atoms with Gasteiger partial charge in [-0.3, -0.25) is 4.79 Å². The van der Waals surface area contributed by atoms with Crippen LogP contribution in [0.2, 0.25) is 0 Å². The Morgan fingerprint density at radius 2 is 1.86 bits per heavy atom. The SMILES string of the molecule is CCOc1ccc(CCNC(=O)N2CCN(C(=O)c3ccco3)CC2)cc1OC. The summed E-state index contributed by atoms with van der Waals surface area (Å²) < 4.78 is 16.0. The van der Waals surface area contributed by atoms with Crippen molar-refractivity contribution < 1.29 is 23.5 Å². The smallest absolute Gasteiger partial charge is 0.317 e. The molecule has 2 aromatic rings. The zero-order valence-corrected chi connectivity index (χ0v) is 16.8. The third-order valence-electron chi connectivity index (χ3n) is 4.80. The van der Waals surface area contributed by atoms with Crippen LogP contribution in [-0.2, 0) is 6.42 Å². The second-order valence-electron chi connectivity index (χ2n) is 6.66. The van der Waals surface area contributed by atoms with Crippen molar-refractivity contribution in [3.05, 3.63) is 47.9 Å². The average molecular weight is 401 g/mol. The van der Waals surface area contributed by atoms with Gasteiger partial charge < -0.3 is 29.0 Å². The van der Waals surface area contributed by atoms with Crippen LogP contribution in [-0.4, -0.2) is 68.2 Å². The van der Waals surface area contributed by atoms with Crippen molar-refractivity contribution in [2.45, 2.75) is 13.3 Å². The number of furan rings is 1. The van der Waals surface area contributed by atoms with Crippen molar-refractivity contribution in [2.75, 3.05) is 46.4 Å². The van der Waals surface area contributed by atoms with E-state index in [0.29, 0.717) is 63.0 Å². The molecule has 1 aromatic heterocycles. The van der Waals surface area contributed by atoms with Crippen LogP contribution in [0.25, 0.3) is 0 Å². The highest BCUT2D eigenvalue weighted by Crippen LogP contribution is 2.28. The van der Waals surface area contributed by atoms with Gasteiger partial charge in [-0.1, -0.05) is 6.07 Å². The number of urea groups is 1. The summed E-state index contributed by atoms with van der Waals surface area (Å²) in [6.07, 6.45) is 2.17. The van der Waals surface area contributed by atoms with Crippen LogP contribution in [0.4, 0.5) is 4.79 Å². The molecule has 29 heavy (non-hydrogen) atoms. The minimum absolute atomic E-state index is 0.118. The molecule has 0 bridgehead atoms. The number of nitrogens with one attached hydrogen (secondary N) is 1. The molecule has 1 aliphatic heterocycles. The van der Waals surface area contributed by atoms with Crippen LogP contribution in [0.3, 0.4) is 0 Å². The van der Waals surface area contributed by atoms with Gasteiger partial charge in [-0.05, 0) is 43.2 Å². The van der Waals surface area contributed by atoms with E-state index in [0.717, 1.165) is 5.56 Å². The Kier molecular flexibility index (Phi) is 6.99. The molecule has 1 N–H and O–H groups in total. The number of piperazine rings is 1. The number of nitrogens with zero attached hydrogens (tertiary/aromatic N) is 2. The minimum Gasteiger partial charge on any atom is -0.493 e. The standard InChI is InChI=1S/C21H27N3O5/c1-3-28-17-7-6-16(15-19(17)27-2)8-9-22-21(26)24-12-10-23(11-13-24)20(25)18-5-4-14-29-18/h4-7,14-15H,3,8-13H2,1-2H3,(H,22,26). The largest absolute Gasteiger partial charge is 0.493 e. The molecule has 0 aliphatic carbocycles. The molecular formula is C21H27N3O5. The highest BCUT2D eigenvalue weighted by molar-refractivity contribution is 5.91. The van der Waals surface area contributed by atoms with Crippen molar-refractivity contribution in [2.24, 2.45) is 0 Å². The summed E-state index contributed by atoms with van der Waals surface area (Å²) in [5, 5.41) is 2.94. The third-order valence-corrected chi connectivity index (χ3v) is 4.80. The first-order valence-electron chi connectivity index (χ1n) is 9.77. The Balaban J connectivity index is 1.43. The molecule has 0 radical (unpaired) electrons. The lowest BCUT2D eigenvalue weighted by Gasteiger charge is -2.34. The van der Waals surface area contributed by atoms with Crippen LogP contribution < -0.4 is 14.8 Å². The Hall–Kier alpha value is -3.16. The van der Waals surface area contributed by atoms with Crippen LogP contribution in [0, 0.1) is 0 Å². The third kappa shape index (κ3) is 5.22. The predicted molar refractivity (Wildman–Crippen MR) is 107 cm³/mol. The molecule has 3 amide bonds. The highest BCUT2D eigenvalue weighted by Gasteiger charge is 2.25. The maximum Gasteiger partial charge on any atom is 0.317 e. The van der Waals surface area contributed by atoms with E-state index in [4.69, 9.17) is 13.9 Å². The summed E-state index contributed by atoms with van der Waals surface area (Å²) in [7, 11) is 1.61. The molecule has 156 valence electrons. The average Bonchev–Trinajstić information content (AvgIpc) is 3.29. The van der Waals surface area contributed by atoms with E-state index in [-0.39, 0.29) is 11.9 Å². The molecular weight excluding hydrogens is 374 g/mol. The maximum absolute atomic E-state index is 12.4. The molecule has 8 nitrogen and oxygen atoms in total. The van der Waals surface area contributed by atoms with Gasteiger partial charge in [-0.2, -0.15) is 0 Å². The second kappa shape index (κ2) is 9.86. The maximum atomic E-state index is 12.4. The van der Waals surface area contributed by atoms with Gasteiger partial charge in [0.1, 0.15) is 0 Å². The second-order valence-corrected chi connectivity index (χ2v) is 6.66. The van der Waals surface area contributed by atoms with Crippen molar-refractivity contribution in [1.29, 1.82) is 0 Å². The lowest BCUT2D eigenvalue weighted by atomic mass is 10.1. The predicted octanol–water partition coefficient (Wildman–Crippen LogP) is 2.40. The van der Waals surface area contributed by atoms with E-state index in [1.165, 1.54) is 6.26 Å². The first-order chi connectivity index (χ1) is 14.1. The topological polar surface area (TPSA) is 84.3 Å². The molecule has 1 fully saturated rings. The van der Waals surface area contributed by atoms with Crippen LogP contribution >= 0.6 is 0 Å². The summed E-state index contributed by atoms with van der Waals surface area (Å²) in [5.41, 5.74) is 1.06. The number of hydrogen-bond acceptors (Lipinski definition) is 5. The number of methoxy groups -OCH3 is 1. The number of rotatable bonds is 7. The van der Waals surface area contributed by atoms with Crippen LogP contribution in [0.1, 0.15) is 23.0 Å². The molecule has 2 heterocycles. The monoisotopic (exact) mass is 401 g/mol. The van der Waals surface area contributed by atoms with Gasteiger partial charge in [0, 0.05) is 32.7 Å². The van der Waals surface area contributed by atoms with Crippen molar-refractivity contribution in [3.63, 3.8) is 0 Å². The summed E-state index contributed by atoms with van der Waals surface area (Å²) >= 11 is 0. The molecule has 0 spiro atoms. The Morgan fingerprint density at radius 1 is 1.10 bits per heavy atom. The van der Waals surface area contributed by atoms with E-state index >= 15 is 0 Å². The van der Waals surface area contributed by atoms with Gasteiger partial charge >= 0.3 is 6.03 Å². The van der Waals surface area contributed by atoms with Crippen molar-refractivity contribution >= 4 is 11.9 Å². The number of amides is 3. The van der Waals surface area contributed by atoms with Crippen LogP contribution in [0.15, 0.2) is 41.0 Å². The molecule has 8 heteroatoms. The molecule has 0 unspecified atom stereocenters. The van der Waals surface area contributed by atoms with Crippen LogP contribution in [0.5, 0.6) is 11.5 Å². The molecule has 0 saturated carbocycles. The normalized spacial score (nSPS) is 13.9. The minimum atomic E-state index is -0.139. The van der Waals surface area contributed by atoms with E-state index in [2.05, 4.69) is 5.32 Å². The molecule has 3 rings (SSSR count). The number of carbonyl (C=O) groups excluding carboxylic acids is 2. The lowest BCUT2D eigenvalue weighted by Crippen LogP contribution is -2.53. The van der Waals surface area contributed by atoms with E-state index in [1.807, 2.05) is 25.1 Å². The van der Waals surface area contributed by atoms with Gasteiger partial charge in [0.25, 0.3) is 5.91 Å². The van der Waals surface area contributed by atoms with Crippen molar-refractivity contribution in [1.82, 2.24) is 15.1 Å². The first-order valence-corrected chi connectivity index (χ1v) is 9.77. The fourth-order valence-corrected chi connectivity index (χ4v) is 3.24. The van der Waals surface area contributed by atoms with E-state index in [1.54, 1.807) is 29.0 Å².